The second kappa shape index (κ2) is 7.24. The van der Waals surface area contributed by atoms with Crippen LogP contribution in [0.4, 0.5) is 5.69 Å². The number of nitro benzene ring substituents is 1. The molecule has 110 valence electrons. The van der Waals surface area contributed by atoms with E-state index >= 15 is 0 Å². The summed E-state index contributed by atoms with van der Waals surface area (Å²) in [7, 11) is 1.94. The smallest absolute Gasteiger partial charge is 0.269 e. The molecule has 21 heavy (non-hydrogen) atoms. The number of benzene rings is 2. The summed E-state index contributed by atoms with van der Waals surface area (Å²) in [5.74, 6) is 0.721. The van der Waals surface area contributed by atoms with E-state index in [0.29, 0.717) is 6.04 Å². The van der Waals surface area contributed by atoms with Crippen molar-refractivity contribution in [3.63, 3.8) is 0 Å². The Hall–Kier alpha value is -1.85. The monoisotopic (exact) mass is 302 g/mol. The molecule has 4 nitrogen and oxygen atoms in total. The van der Waals surface area contributed by atoms with Gasteiger partial charge in [0.2, 0.25) is 0 Å². The highest BCUT2D eigenvalue weighted by atomic mass is 32.2. The molecule has 0 bridgehead atoms. The van der Waals surface area contributed by atoms with Crippen molar-refractivity contribution in [1.82, 2.24) is 5.32 Å². The molecule has 2 aromatic rings. The predicted molar refractivity (Wildman–Crippen MR) is 86.6 cm³/mol. The molecule has 0 spiro atoms. The molecule has 1 N–H and O–H groups in total. The van der Waals surface area contributed by atoms with Crippen LogP contribution in [0.2, 0.25) is 0 Å². The van der Waals surface area contributed by atoms with Crippen LogP contribution in [0.1, 0.15) is 24.1 Å². The van der Waals surface area contributed by atoms with Gasteiger partial charge in [-0.15, -0.1) is 11.8 Å². The summed E-state index contributed by atoms with van der Waals surface area (Å²) in [5.41, 5.74) is 2.34. The van der Waals surface area contributed by atoms with Gasteiger partial charge >= 0.3 is 0 Å². The first-order chi connectivity index (χ1) is 10.1. The molecule has 0 saturated heterocycles. The van der Waals surface area contributed by atoms with Gasteiger partial charge in [-0.25, -0.2) is 0 Å². The number of hydrogen-bond donors (Lipinski definition) is 1. The van der Waals surface area contributed by atoms with Gasteiger partial charge in [0.1, 0.15) is 0 Å². The molecule has 0 radical (unpaired) electrons. The molecule has 0 aliphatic rings. The van der Waals surface area contributed by atoms with Crippen molar-refractivity contribution in [1.29, 1.82) is 0 Å². The lowest BCUT2D eigenvalue weighted by Gasteiger charge is -2.11. The van der Waals surface area contributed by atoms with E-state index in [2.05, 4.69) is 30.4 Å². The highest BCUT2D eigenvalue weighted by Crippen LogP contribution is 2.26. The summed E-state index contributed by atoms with van der Waals surface area (Å²) in [4.78, 5) is 11.6. The van der Waals surface area contributed by atoms with E-state index < -0.39 is 0 Å². The van der Waals surface area contributed by atoms with Gasteiger partial charge in [-0.2, -0.15) is 0 Å². The Morgan fingerprint density at radius 2 is 2.00 bits per heavy atom. The summed E-state index contributed by atoms with van der Waals surface area (Å²) < 4.78 is 0. The number of non-ortho nitro benzene ring substituents is 1. The van der Waals surface area contributed by atoms with Crippen molar-refractivity contribution in [2.24, 2.45) is 0 Å². The van der Waals surface area contributed by atoms with E-state index in [-0.39, 0.29) is 10.6 Å². The standard InChI is InChI=1S/C16H18N2O2S/c1-12(17-2)14-6-4-8-16(10-14)21-11-13-5-3-7-15(9-13)18(19)20/h3-10,12,17H,11H2,1-2H3. The molecule has 0 aromatic heterocycles. The van der Waals surface area contributed by atoms with E-state index in [1.807, 2.05) is 19.2 Å². The predicted octanol–water partition coefficient (Wildman–Crippen LogP) is 4.17. The van der Waals surface area contributed by atoms with E-state index in [1.54, 1.807) is 23.9 Å². The molecule has 0 saturated carbocycles. The van der Waals surface area contributed by atoms with Crippen LogP contribution in [0, 0.1) is 10.1 Å². The Balaban J connectivity index is 2.06. The first-order valence-corrected chi connectivity index (χ1v) is 7.72. The van der Waals surface area contributed by atoms with E-state index in [1.165, 1.54) is 16.5 Å². The fraction of sp³-hybridized carbons (Fsp3) is 0.250. The van der Waals surface area contributed by atoms with Crippen LogP contribution in [0.5, 0.6) is 0 Å². The maximum Gasteiger partial charge on any atom is 0.269 e. The molecule has 2 rings (SSSR count). The maximum atomic E-state index is 10.8. The van der Waals surface area contributed by atoms with Crippen LogP contribution in [-0.4, -0.2) is 12.0 Å². The minimum absolute atomic E-state index is 0.144. The molecule has 0 heterocycles. The molecular formula is C16H18N2O2S. The van der Waals surface area contributed by atoms with Crippen LogP contribution in [0.3, 0.4) is 0 Å². The van der Waals surface area contributed by atoms with Crippen molar-refractivity contribution in [3.8, 4) is 0 Å². The first-order valence-electron chi connectivity index (χ1n) is 6.73. The molecular weight excluding hydrogens is 284 g/mol. The zero-order chi connectivity index (χ0) is 15.2. The third-order valence-corrected chi connectivity index (χ3v) is 4.38. The van der Waals surface area contributed by atoms with Crippen LogP contribution < -0.4 is 5.32 Å². The zero-order valence-electron chi connectivity index (χ0n) is 12.1. The van der Waals surface area contributed by atoms with Gasteiger partial charge in [0.05, 0.1) is 4.92 Å². The molecule has 0 aliphatic carbocycles. The number of rotatable bonds is 6. The summed E-state index contributed by atoms with van der Waals surface area (Å²) in [6, 6.07) is 15.5. The molecule has 5 heteroatoms. The number of nitrogens with zero attached hydrogens (tertiary/aromatic N) is 1. The fourth-order valence-electron chi connectivity index (χ4n) is 1.97. The van der Waals surface area contributed by atoms with Gasteiger partial charge in [-0.1, -0.05) is 24.3 Å². The van der Waals surface area contributed by atoms with Crippen molar-refractivity contribution in [2.75, 3.05) is 7.05 Å². The third kappa shape index (κ3) is 4.31. The SMILES string of the molecule is CNC(C)c1cccc(SCc2cccc([N+](=O)[O-])c2)c1. The fourth-order valence-corrected chi connectivity index (χ4v) is 2.87. The van der Waals surface area contributed by atoms with Gasteiger partial charge in [0.15, 0.2) is 0 Å². The first kappa shape index (κ1) is 15.5. The topological polar surface area (TPSA) is 55.2 Å². The Bertz CT molecular complexity index is 631. The van der Waals surface area contributed by atoms with Crippen LogP contribution in [0.25, 0.3) is 0 Å². The average Bonchev–Trinajstić information content (AvgIpc) is 2.52. The second-order valence-electron chi connectivity index (χ2n) is 4.80. The molecule has 0 aliphatic heterocycles. The van der Waals surface area contributed by atoms with Crippen LogP contribution in [0.15, 0.2) is 53.4 Å². The summed E-state index contributed by atoms with van der Waals surface area (Å²) >= 11 is 1.69. The number of hydrogen-bond acceptors (Lipinski definition) is 4. The van der Waals surface area contributed by atoms with E-state index in [0.717, 1.165) is 11.3 Å². The third-order valence-electron chi connectivity index (χ3n) is 3.32. The summed E-state index contributed by atoms with van der Waals surface area (Å²) in [6.07, 6.45) is 0. The number of nitro groups is 1. The van der Waals surface area contributed by atoms with Gasteiger partial charge in [0, 0.05) is 28.8 Å². The van der Waals surface area contributed by atoms with Gasteiger partial charge < -0.3 is 5.32 Å². The minimum atomic E-state index is -0.358. The number of thioether (sulfide) groups is 1. The van der Waals surface area contributed by atoms with Crippen molar-refractivity contribution in [2.45, 2.75) is 23.6 Å². The zero-order valence-corrected chi connectivity index (χ0v) is 12.9. The normalized spacial score (nSPS) is 12.1. The molecule has 1 atom stereocenters. The maximum absolute atomic E-state index is 10.8. The van der Waals surface area contributed by atoms with Crippen molar-refractivity contribution < 1.29 is 4.92 Å². The molecule has 0 fully saturated rings. The van der Waals surface area contributed by atoms with Gasteiger partial charge in [-0.05, 0) is 37.2 Å². The highest BCUT2D eigenvalue weighted by Gasteiger charge is 2.07. The second-order valence-corrected chi connectivity index (χ2v) is 5.85. The van der Waals surface area contributed by atoms with Gasteiger partial charge in [0.25, 0.3) is 5.69 Å². The molecule has 1 unspecified atom stereocenters. The van der Waals surface area contributed by atoms with Gasteiger partial charge in [-0.3, -0.25) is 10.1 Å². The van der Waals surface area contributed by atoms with E-state index in [9.17, 15) is 10.1 Å². The lowest BCUT2D eigenvalue weighted by molar-refractivity contribution is -0.384. The lowest BCUT2D eigenvalue weighted by atomic mass is 10.1. The lowest BCUT2D eigenvalue weighted by Crippen LogP contribution is -2.11. The summed E-state index contributed by atoms with van der Waals surface area (Å²) in [5, 5.41) is 14.0. The average molecular weight is 302 g/mol. The van der Waals surface area contributed by atoms with Crippen molar-refractivity contribution in [3.05, 3.63) is 69.8 Å². The molecule has 0 amide bonds. The Kier molecular flexibility index (Phi) is 5.36. The largest absolute Gasteiger partial charge is 0.313 e. The van der Waals surface area contributed by atoms with Crippen LogP contribution in [-0.2, 0) is 5.75 Å². The van der Waals surface area contributed by atoms with E-state index in [4.69, 9.17) is 0 Å². The Morgan fingerprint density at radius 1 is 1.24 bits per heavy atom. The highest BCUT2D eigenvalue weighted by molar-refractivity contribution is 7.98. The van der Waals surface area contributed by atoms with Crippen LogP contribution >= 0.6 is 11.8 Å². The quantitative estimate of drug-likeness (QED) is 0.494. The number of nitrogens with one attached hydrogen (secondary N) is 1. The Morgan fingerprint density at radius 3 is 2.71 bits per heavy atom. The Labute approximate surface area is 128 Å². The minimum Gasteiger partial charge on any atom is -0.313 e. The summed E-state index contributed by atoms with van der Waals surface area (Å²) in [6.45, 7) is 2.12. The molecule has 2 aromatic carbocycles. The van der Waals surface area contributed by atoms with Crippen molar-refractivity contribution >= 4 is 17.4 Å².